The van der Waals surface area contributed by atoms with Crippen molar-refractivity contribution in [3.05, 3.63) is 29.3 Å². The Morgan fingerprint density at radius 3 is 2.45 bits per heavy atom. The van der Waals surface area contributed by atoms with Crippen molar-refractivity contribution in [2.24, 2.45) is 0 Å². The highest BCUT2D eigenvalue weighted by atomic mass is 19.4. The van der Waals surface area contributed by atoms with Gasteiger partial charge in [-0.2, -0.15) is 13.2 Å². The zero-order chi connectivity index (χ0) is 15.5. The van der Waals surface area contributed by atoms with E-state index in [1.807, 2.05) is 0 Å². The SMILES string of the molecule is CCOC(=O)c1cc(NC(O)C(F)(F)F)c(F)cc1F. The number of aliphatic hydroxyl groups excluding tert-OH is 1. The van der Waals surface area contributed by atoms with Crippen LogP contribution in [0, 0.1) is 11.6 Å². The first-order chi connectivity index (χ1) is 9.16. The van der Waals surface area contributed by atoms with Crippen molar-refractivity contribution in [2.75, 3.05) is 11.9 Å². The van der Waals surface area contributed by atoms with Gasteiger partial charge in [-0.25, -0.2) is 13.6 Å². The molecule has 0 saturated carbocycles. The highest BCUT2D eigenvalue weighted by molar-refractivity contribution is 5.90. The minimum Gasteiger partial charge on any atom is -0.462 e. The van der Waals surface area contributed by atoms with Crippen LogP contribution in [0.1, 0.15) is 17.3 Å². The van der Waals surface area contributed by atoms with Gasteiger partial charge in [0.05, 0.1) is 17.9 Å². The molecule has 0 spiro atoms. The topological polar surface area (TPSA) is 58.6 Å². The Bertz CT molecular complexity index is 504. The Kier molecular flexibility index (Phi) is 4.88. The first-order valence-corrected chi connectivity index (χ1v) is 5.34. The van der Waals surface area contributed by atoms with Crippen molar-refractivity contribution in [1.29, 1.82) is 0 Å². The molecule has 0 fully saturated rings. The van der Waals surface area contributed by atoms with Gasteiger partial charge in [-0.3, -0.25) is 0 Å². The lowest BCUT2D eigenvalue weighted by atomic mass is 10.1. The van der Waals surface area contributed by atoms with Crippen LogP contribution >= 0.6 is 0 Å². The fraction of sp³-hybridized carbons (Fsp3) is 0.364. The Labute approximate surface area is 110 Å². The number of carbonyl (C=O) groups excluding carboxylic acids is 1. The van der Waals surface area contributed by atoms with E-state index in [0.29, 0.717) is 6.07 Å². The summed E-state index contributed by atoms with van der Waals surface area (Å²) in [4.78, 5) is 11.3. The second-order valence-corrected chi connectivity index (χ2v) is 3.62. The van der Waals surface area contributed by atoms with Crippen LogP contribution in [0.4, 0.5) is 27.6 Å². The van der Waals surface area contributed by atoms with Crippen molar-refractivity contribution in [1.82, 2.24) is 0 Å². The number of halogens is 5. The number of rotatable bonds is 4. The van der Waals surface area contributed by atoms with E-state index in [1.165, 1.54) is 12.2 Å². The predicted molar refractivity (Wildman–Crippen MR) is 58.0 cm³/mol. The molecule has 2 N–H and O–H groups in total. The predicted octanol–water partition coefficient (Wildman–Crippen LogP) is 2.43. The minimum absolute atomic E-state index is 0.0937. The highest BCUT2D eigenvalue weighted by Gasteiger charge is 2.39. The summed E-state index contributed by atoms with van der Waals surface area (Å²) in [6.07, 6.45) is -8.11. The second-order valence-electron chi connectivity index (χ2n) is 3.62. The average molecular weight is 299 g/mol. The molecule has 0 heterocycles. The number of aliphatic hydroxyl groups is 1. The largest absolute Gasteiger partial charge is 0.462 e. The fourth-order valence-electron chi connectivity index (χ4n) is 1.25. The van der Waals surface area contributed by atoms with E-state index in [0.717, 1.165) is 0 Å². The molecular formula is C11H10F5NO3. The van der Waals surface area contributed by atoms with E-state index in [-0.39, 0.29) is 12.7 Å². The molecule has 0 saturated heterocycles. The van der Waals surface area contributed by atoms with Crippen molar-refractivity contribution in [2.45, 2.75) is 19.3 Å². The summed E-state index contributed by atoms with van der Waals surface area (Å²) in [5.41, 5.74) is -1.62. The van der Waals surface area contributed by atoms with E-state index >= 15 is 0 Å². The van der Waals surface area contributed by atoms with Crippen LogP contribution in [0.2, 0.25) is 0 Å². The van der Waals surface area contributed by atoms with Gasteiger partial charge in [0.1, 0.15) is 11.6 Å². The summed E-state index contributed by atoms with van der Waals surface area (Å²) in [6.45, 7) is 1.34. The summed E-state index contributed by atoms with van der Waals surface area (Å²) in [6, 6.07) is 0.718. The number of esters is 1. The number of hydrogen-bond donors (Lipinski definition) is 2. The highest BCUT2D eigenvalue weighted by Crippen LogP contribution is 2.25. The number of ether oxygens (including phenoxy) is 1. The number of carbonyl (C=O) groups is 1. The normalized spacial score (nSPS) is 12.9. The monoisotopic (exact) mass is 299 g/mol. The molecule has 0 bridgehead atoms. The molecule has 1 atom stereocenters. The molecule has 112 valence electrons. The van der Waals surface area contributed by atoms with E-state index in [9.17, 15) is 26.7 Å². The van der Waals surface area contributed by atoms with E-state index in [4.69, 9.17) is 5.11 Å². The Balaban J connectivity index is 3.09. The summed E-state index contributed by atoms with van der Waals surface area (Å²) in [5, 5.41) is 10.1. The van der Waals surface area contributed by atoms with E-state index in [1.54, 1.807) is 0 Å². The lowest BCUT2D eigenvalue weighted by Crippen LogP contribution is -2.36. The summed E-state index contributed by atoms with van der Waals surface area (Å²) < 4.78 is 67.5. The van der Waals surface area contributed by atoms with Crippen LogP contribution < -0.4 is 5.32 Å². The van der Waals surface area contributed by atoms with Crippen molar-refractivity contribution in [3.8, 4) is 0 Å². The van der Waals surface area contributed by atoms with Gasteiger partial charge in [0, 0.05) is 6.07 Å². The van der Waals surface area contributed by atoms with Gasteiger partial charge in [-0.1, -0.05) is 0 Å². The quantitative estimate of drug-likeness (QED) is 0.509. The molecular weight excluding hydrogens is 289 g/mol. The van der Waals surface area contributed by atoms with Crippen molar-refractivity contribution >= 4 is 11.7 Å². The molecule has 1 rings (SSSR count). The van der Waals surface area contributed by atoms with Gasteiger partial charge in [-0.05, 0) is 13.0 Å². The summed E-state index contributed by atoms with van der Waals surface area (Å²) >= 11 is 0. The summed E-state index contributed by atoms with van der Waals surface area (Å²) in [5.74, 6) is -3.83. The Morgan fingerprint density at radius 2 is 1.95 bits per heavy atom. The first-order valence-electron chi connectivity index (χ1n) is 5.34. The van der Waals surface area contributed by atoms with Crippen LogP contribution in [-0.2, 0) is 4.74 Å². The second kappa shape index (κ2) is 6.04. The van der Waals surface area contributed by atoms with Gasteiger partial charge in [0.2, 0.25) is 6.23 Å². The third kappa shape index (κ3) is 3.80. The Morgan fingerprint density at radius 1 is 1.35 bits per heavy atom. The van der Waals surface area contributed by atoms with Gasteiger partial charge < -0.3 is 15.2 Å². The van der Waals surface area contributed by atoms with Crippen LogP contribution in [-0.4, -0.2) is 30.1 Å². The zero-order valence-electron chi connectivity index (χ0n) is 10.1. The van der Waals surface area contributed by atoms with E-state index in [2.05, 4.69) is 4.74 Å². The number of hydrogen-bond acceptors (Lipinski definition) is 4. The molecule has 1 aromatic carbocycles. The molecule has 0 aromatic heterocycles. The lowest BCUT2D eigenvalue weighted by Gasteiger charge is -2.18. The third-order valence-electron chi connectivity index (χ3n) is 2.15. The van der Waals surface area contributed by atoms with E-state index < -0.39 is 41.3 Å². The molecule has 9 heteroatoms. The van der Waals surface area contributed by atoms with Gasteiger partial charge >= 0.3 is 12.1 Å². The number of anilines is 1. The molecule has 1 aromatic rings. The lowest BCUT2D eigenvalue weighted by molar-refractivity contribution is -0.194. The Hall–Kier alpha value is -1.90. The maximum Gasteiger partial charge on any atom is 0.433 e. The number of alkyl halides is 3. The minimum atomic E-state index is -5.05. The van der Waals surface area contributed by atoms with Crippen molar-refractivity contribution in [3.63, 3.8) is 0 Å². The average Bonchev–Trinajstić information content (AvgIpc) is 2.31. The molecule has 0 aliphatic carbocycles. The van der Waals surface area contributed by atoms with Crippen LogP contribution in [0.3, 0.4) is 0 Å². The molecule has 4 nitrogen and oxygen atoms in total. The molecule has 0 aliphatic rings. The van der Waals surface area contributed by atoms with Gasteiger partial charge in [-0.15, -0.1) is 0 Å². The fourth-order valence-corrected chi connectivity index (χ4v) is 1.25. The van der Waals surface area contributed by atoms with Crippen LogP contribution in [0.25, 0.3) is 0 Å². The standard InChI is InChI=1S/C11H10F5NO3/c1-2-20-9(18)5-3-8(7(13)4-6(5)12)17-10(19)11(14,15)16/h3-4,10,17,19H,2H2,1H3. The maximum absolute atomic E-state index is 13.3. The van der Waals surface area contributed by atoms with Gasteiger partial charge in [0.25, 0.3) is 0 Å². The molecule has 0 radical (unpaired) electrons. The molecule has 20 heavy (non-hydrogen) atoms. The smallest absolute Gasteiger partial charge is 0.433 e. The molecule has 0 amide bonds. The number of benzene rings is 1. The third-order valence-corrected chi connectivity index (χ3v) is 2.15. The summed E-state index contributed by atoms with van der Waals surface area (Å²) in [7, 11) is 0. The molecule has 0 aliphatic heterocycles. The zero-order valence-corrected chi connectivity index (χ0v) is 10.1. The van der Waals surface area contributed by atoms with Crippen LogP contribution in [0.15, 0.2) is 12.1 Å². The molecule has 1 unspecified atom stereocenters. The first kappa shape index (κ1) is 16.2. The van der Waals surface area contributed by atoms with Gasteiger partial charge in [0.15, 0.2) is 0 Å². The van der Waals surface area contributed by atoms with Crippen molar-refractivity contribution < 1.29 is 36.6 Å². The van der Waals surface area contributed by atoms with Crippen LogP contribution in [0.5, 0.6) is 0 Å². The number of nitrogens with one attached hydrogen (secondary N) is 1. The maximum atomic E-state index is 13.3.